The first kappa shape index (κ1) is 22.0. The highest BCUT2D eigenvalue weighted by molar-refractivity contribution is 6.02. The van der Waals surface area contributed by atoms with Gasteiger partial charge in [-0.1, -0.05) is 71.0 Å². The number of carbonyl (C=O) groups excluding carboxylic acids is 2. The van der Waals surface area contributed by atoms with Crippen molar-refractivity contribution in [3.05, 3.63) is 83.3 Å². The van der Waals surface area contributed by atoms with E-state index in [0.29, 0.717) is 34.0 Å². The maximum atomic E-state index is 12.9. The van der Waals surface area contributed by atoms with E-state index in [1.807, 2.05) is 67.6 Å². The van der Waals surface area contributed by atoms with Gasteiger partial charge >= 0.3 is 0 Å². The van der Waals surface area contributed by atoms with Crippen molar-refractivity contribution in [2.45, 2.75) is 26.8 Å². The highest BCUT2D eigenvalue weighted by atomic mass is 16.5. The maximum Gasteiger partial charge on any atom is 0.257 e. The van der Waals surface area contributed by atoms with Gasteiger partial charge in [-0.25, -0.2) is 0 Å². The largest absolute Gasteiger partial charge is 0.360 e. The highest BCUT2D eigenvalue weighted by Gasteiger charge is 2.24. The third-order valence-electron chi connectivity index (χ3n) is 5.22. The second kappa shape index (κ2) is 9.52. The van der Waals surface area contributed by atoms with E-state index < -0.39 is 0 Å². The zero-order chi connectivity index (χ0) is 23.4. The molecule has 0 fully saturated rings. The predicted molar refractivity (Wildman–Crippen MR) is 123 cm³/mol. The Kier molecular flexibility index (Phi) is 6.35. The van der Waals surface area contributed by atoms with Crippen LogP contribution in [0.4, 0.5) is 0 Å². The Labute approximate surface area is 191 Å². The summed E-state index contributed by atoms with van der Waals surface area (Å²) in [7, 11) is 0. The van der Waals surface area contributed by atoms with Crippen molar-refractivity contribution in [1.29, 1.82) is 0 Å². The normalized spacial score (nSPS) is 11.7. The number of nitrogens with zero attached hydrogens (tertiary/aromatic N) is 2. The maximum absolute atomic E-state index is 12.9. The van der Waals surface area contributed by atoms with Crippen molar-refractivity contribution in [2.75, 3.05) is 6.54 Å². The van der Waals surface area contributed by atoms with E-state index in [9.17, 15) is 9.59 Å². The van der Waals surface area contributed by atoms with Crippen molar-refractivity contribution in [3.63, 3.8) is 0 Å². The van der Waals surface area contributed by atoms with E-state index in [-0.39, 0.29) is 24.4 Å². The van der Waals surface area contributed by atoms with Crippen molar-refractivity contribution in [3.8, 4) is 22.5 Å². The molecule has 0 aliphatic rings. The first-order valence-electron chi connectivity index (χ1n) is 10.6. The molecule has 0 saturated heterocycles. The summed E-state index contributed by atoms with van der Waals surface area (Å²) in [4.78, 5) is 25.8. The van der Waals surface area contributed by atoms with Crippen LogP contribution in [0, 0.1) is 13.8 Å². The number of amides is 2. The molecule has 33 heavy (non-hydrogen) atoms. The van der Waals surface area contributed by atoms with Crippen LogP contribution in [-0.4, -0.2) is 34.7 Å². The number of rotatable bonds is 7. The molecule has 2 aromatic carbocycles. The van der Waals surface area contributed by atoms with Crippen molar-refractivity contribution < 1.29 is 18.6 Å². The third-order valence-corrected chi connectivity index (χ3v) is 5.22. The van der Waals surface area contributed by atoms with Crippen LogP contribution < -0.4 is 10.6 Å². The molecule has 2 N–H and O–H groups in total. The average molecular weight is 444 g/mol. The minimum absolute atomic E-state index is 0.217. The minimum atomic E-state index is -0.347. The van der Waals surface area contributed by atoms with E-state index in [4.69, 9.17) is 9.05 Å². The van der Waals surface area contributed by atoms with E-state index in [1.54, 1.807) is 13.8 Å². The van der Waals surface area contributed by atoms with E-state index in [1.165, 1.54) is 0 Å². The van der Waals surface area contributed by atoms with Gasteiger partial charge in [0, 0.05) is 23.7 Å². The molecule has 0 aliphatic heterocycles. The quantitative estimate of drug-likeness (QED) is 0.443. The zero-order valence-electron chi connectivity index (χ0n) is 18.6. The van der Waals surface area contributed by atoms with Crippen LogP contribution in [0.15, 0.2) is 69.7 Å². The Bertz CT molecular complexity index is 1260. The van der Waals surface area contributed by atoms with Gasteiger partial charge in [0.2, 0.25) is 0 Å². The lowest BCUT2D eigenvalue weighted by molar-refractivity contribution is 0.0911. The summed E-state index contributed by atoms with van der Waals surface area (Å²) in [5, 5.41) is 13.8. The fraction of sp³-hybridized carbons (Fsp3) is 0.200. The molecule has 168 valence electrons. The van der Waals surface area contributed by atoms with E-state index in [0.717, 1.165) is 11.1 Å². The SMILES string of the molecule is Cc1onc(-c2ccccc2)c1C(=O)NC[C@@H](C)NC(=O)c1c(-c2ccccc2)noc1C. The van der Waals surface area contributed by atoms with Gasteiger partial charge in [0.25, 0.3) is 11.8 Å². The Morgan fingerprint density at radius 1 is 0.788 bits per heavy atom. The van der Waals surface area contributed by atoms with Crippen LogP contribution >= 0.6 is 0 Å². The van der Waals surface area contributed by atoms with Gasteiger partial charge in [-0.2, -0.15) is 0 Å². The molecule has 0 spiro atoms. The number of hydrogen-bond acceptors (Lipinski definition) is 6. The minimum Gasteiger partial charge on any atom is -0.360 e. The second-order valence-electron chi connectivity index (χ2n) is 7.74. The van der Waals surface area contributed by atoms with Crippen molar-refractivity contribution in [1.82, 2.24) is 20.9 Å². The number of carbonyl (C=O) groups is 2. The van der Waals surface area contributed by atoms with Crippen molar-refractivity contribution in [2.24, 2.45) is 0 Å². The van der Waals surface area contributed by atoms with Gasteiger partial charge in [-0.05, 0) is 20.8 Å². The summed E-state index contributed by atoms with van der Waals surface area (Å²) in [6.07, 6.45) is 0. The van der Waals surface area contributed by atoms with Crippen molar-refractivity contribution >= 4 is 11.8 Å². The summed E-state index contributed by atoms with van der Waals surface area (Å²) < 4.78 is 10.5. The van der Waals surface area contributed by atoms with Gasteiger partial charge < -0.3 is 19.7 Å². The fourth-order valence-corrected chi connectivity index (χ4v) is 3.55. The predicted octanol–water partition coefficient (Wildman–Crippen LogP) is 4.16. The van der Waals surface area contributed by atoms with Gasteiger partial charge in [0.15, 0.2) is 0 Å². The zero-order valence-corrected chi connectivity index (χ0v) is 18.6. The molecule has 4 rings (SSSR count). The Morgan fingerprint density at radius 3 is 1.73 bits per heavy atom. The molecule has 2 aromatic heterocycles. The summed E-state index contributed by atoms with van der Waals surface area (Å²) >= 11 is 0. The molecule has 0 saturated carbocycles. The molecular weight excluding hydrogens is 420 g/mol. The van der Waals surface area contributed by atoms with Gasteiger partial charge in [-0.15, -0.1) is 0 Å². The topological polar surface area (TPSA) is 110 Å². The molecule has 8 heteroatoms. The van der Waals surface area contributed by atoms with Gasteiger partial charge in [0.1, 0.15) is 34.0 Å². The molecule has 0 aliphatic carbocycles. The number of aromatic nitrogens is 2. The molecule has 2 heterocycles. The third kappa shape index (κ3) is 4.69. The number of aryl methyl sites for hydroxylation is 2. The Hall–Kier alpha value is -4.20. The van der Waals surface area contributed by atoms with E-state index in [2.05, 4.69) is 20.9 Å². The lowest BCUT2D eigenvalue weighted by Gasteiger charge is -2.15. The smallest absolute Gasteiger partial charge is 0.257 e. The summed E-state index contributed by atoms with van der Waals surface area (Å²) in [6, 6.07) is 18.4. The highest BCUT2D eigenvalue weighted by Crippen LogP contribution is 2.26. The molecule has 8 nitrogen and oxygen atoms in total. The molecule has 0 bridgehead atoms. The van der Waals surface area contributed by atoms with Crippen LogP contribution in [0.1, 0.15) is 39.2 Å². The summed E-state index contributed by atoms with van der Waals surface area (Å²) in [6.45, 7) is 5.41. The molecule has 0 unspecified atom stereocenters. The van der Waals surface area contributed by atoms with E-state index >= 15 is 0 Å². The molecular formula is C25H24N4O4. The number of nitrogens with one attached hydrogen (secondary N) is 2. The van der Waals surface area contributed by atoms with Crippen LogP contribution in [0.3, 0.4) is 0 Å². The number of hydrogen-bond donors (Lipinski definition) is 2. The molecule has 4 aromatic rings. The van der Waals surface area contributed by atoms with Crippen LogP contribution in [0.25, 0.3) is 22.5 Å². The first-order valence-corrected chi connectivity index (χ1v) is 10.6. The second-order valence-corrected chi connectivity index (χ2v) is 7.74. The molecule has 2 amide bonds. The van der Waals surface area contributed by atoms with Crippen LogP contribution in [0.5, 0.6) is 0 Å². The first-order chi connectivity index (χ1) is 16.0. The monoisotopic (exact) mass is 444 g/mol. The van der Waals surface area contributed by atoms with Gasteiger partial charge in [-0.3, -0.25) is 9.59 Å². The van der Waals surface area contributed by atoms with Gasteiger partial charge in [0.05, 0.1) is 0 Å². The Balaban J connectivity index is 1.43. The Morgan fingerprint density at radius 2 is 1.24 bits per heavy atom. The average Bonchev–Trinajstić information content (AvgIpc) is 3.41. The summed E-state index contributed by atoms with van der Waals surface area (Å²) in [5.74, 6) is 0.214. The van der Waals surface area contributed by atoms with Crippen LogP contribution in [0.2, 0.25) is 0 Å². The summed E-state index contributed by atoms with van der Waals surface area (Å²) in [5.41, 5.74) is 3.29. The molecule has 1 atom stereocenters. The standard InChI is InChI=1S/C25H24N4O4/c1-15(27-25(31)21-17(3)33-29-23(21)19-12-8-5-9-13-19)14-26-24(30)20-16(2)32-28-22(20)18-10-6-4-7-11-18/h4-13,15H,14H2,1-3H3,(H,26,30)(H,27,31)/t15-/m1/s1. The molecule has 0 radical (unpaired) electrons. The number of benzene rings is 2. The lowest BCUT2D eigenvalue weighted by atomic mass is 10.1. The fourth-order valence-electron chi connectivity index (χ4n) is 3.55. The van der Waals surface area contributed by atoms with Crippen LogP contribution in [-0.2, 0) is 0 Å². The lowest BCUT2D eigenvalue weighted by Crippen LogP contribution is -2.42.